The van der Waals surface area contributed by atoms with Crippen LogP contribution in [0.25, 0.3) is 0 Å². The molecule has 0 radical (unpaired) electrons. The fourth-order valence-electron chi connectivity index (χ4n) is 3.51. The van der Waals surface area contributed by atoms with Gasteiger partial charge in [0.05, 0.1) is 24.0 Å². The lowest BCUT2D eigenvalue weighted by Gasteiger charge is -2.37. The van der Waals surface area contributed by atoms with Crippen LogP contribution in [0.2, 0.25) is 0 Å². The minimum atomic E-state index is -0.414. The Balaban J connectivity index is 1.73. The molecular formula is C24H27N3O3S2. The van der Waals surface area contributed by atoms with Crippen molar-refractivity contribution in [3.8, 4) is 0 Å². The van der Waals surface area contributed by atoms with Gasteiger partial charge in [-0.05, 0) is 62.8 Å². The van der Waals surface area contributed by atoms with Crippen molar-refractivity contribution in [1.29, 1.82) is 0 Å². The molecule has 0 aromatic heterocycles. The lowest BCUT2D eigenvalue weighted by atomic mass is 9.95. The van der Waals surface area contributed by atoms with Crippen LogP contribution in [0.15, 0.2) is 70.8 Å². The van der Waals surface area contributed by atoms with Gasteiger partial charge in [0, 0.05) is 22.8 Å². The van der Waals surface area contributed by atoms with Crippen molar-refractivity contribution in [3.05, 3.63) is 71.4 Å². The van der Waals surface area contributed by atoms with Crippen LogP contribution in [-0.4, -0.2) is 40.8 Å². The Morgan fingerprint density at radius 1 is 1.12 bits per heavy atom. The molecule has 0 saturated heterocycles. The third-order valence-corrected chi connectivity index (χ3v) is 6.40. The molecule has 0 bridgehead atoms. The molecule has 2 N–H and O–H groups in total. The third kappa shape index (κ3) is 5.69. The lowest BCUT2D eigenvalue weighted by Crippen LogP contribution is -2.47. The van der Waals surface area contributed by atoms with Crippen molar-refractivity contribution in [2.75, 3.05) is 24.2 Å². The fraction of sp³-hybridized carbons (Fsp3) is 0.292. The summed E-state index contributed by atoms with van der Waals surface area (Å²) in [6.07, 6.45) is 0. The van der Waals surface area contributed by atoms with Gasteiger partial charge in [0.25, 0.3) is 0 Å². The van der Waals surface area contributed by atoms with E-state index >= 15 is 0 Å². The molecule has 0 fully saturated rings. The number of carbonyl (C=O) groups excluding carboxylic acids is 2. The molecule has 1 unspecified atom stereocenters. The maximum atomic E-state index is 12.7. The van der Waals surface area contributed by atoms with Crippen molar-refractivity contribution in [1.82, 2.24) is 10.2 Å². The van der Waals surface area contributed by atoms with Crippen LogP contribution < -0.4 is 10.6 Å². The minimum Gasteiger partial charge on any atom is -0.463 e. The number of thiocarbonyl (C=S) groups is 1. The highest BCUT2D eigenvalue weighted by molar-refractivity contribution is 8.00. The fourth-order valence-corrected chi connectivity index (χ4v) is 4.61. The Morgan fingerprint density at radius 2 is 1.81 bits per heavy atom. The number of nitrogens with one attached hydrogen (secondary N) is 2. The van der Waals surface area contributed by atoms with Crippen LogP contribution in [0.3, 0.4) is 0 Å². The number of anilines is 1. The maximum Gasteiger partial charge on any atom is 0.338 e. The largest absolute Gasteiger partial charge is 0.463 e. The van der Waals surface area contributed by atoms with Crippen molar-refractivity contribution < 1.29 is 14.3 Å². The van der Waals surface area contributed by atoms with Crippen LogP contribution in [0.1, 0.15) is 32.4 Å². The van der Waals surface area contributed by atoms with Gasteiger partial charge in [0.1, 0.15) is 0 Å². The predicted octanol–water partition coefficient (Wildman–Crippen LogP) is 4.51. The molecule has 3 rings (SSSR count). The van der Waals surface area contributed by atoms with Gasteiger partial charge < -0.3 is 20.3 Å². The Bertz CT molecular complexity index is 1010. The number of ether oxygens (including phenoxy) is 1. The average Bonchev–Trinajstić information content (AvgIpc) is 2.79. The van der Waals surface area contributed by atoms with E-state index in [4.69, 9.17) is 17.0 Å². The van der Waals surface area contributed by atoms with E-state index in [0.717, 1.165) is 16.2 Å². The Labute approximate surface area is 198 Å². The van der Waals surface area contributed by atoms with Gasteiger partial charge in [-0.2, -0.15) is 0 Å². The number of allylic oxidation sites excluding steroid dienone is 1. The molecule has 8 heteroatoms. The van der Waals surface area contributed by atoms with E-state index in [1.54, 1.807) is 6.92 Å². The topological polar surface area (TPSA) is 70.7 Å². The normalized spacial score (nSPS) is 15.9. The number of benzene rings is 2. The number of rotatable bonds is 8. The third-order valence-electron chi connectivity index (χ3n) is 5.05. The number of thioether (sulfide) groups is 1. The first kappa shape index (κ1) is 23.8. The molecule has 168 valence electrons. The van der Waals surface area contributed by atoms with Crippen LogP contribution in [0.5, 0.6) is 0 Å². The Hall–Kier alpha value is -2.84. The number of esters is 1. The zero-order chi connectivity index (χ0) is 23.1. The van der Waals surface area contributed by atoms with Gasteiger partial charge in [-0.15, -0.1) is 11.8 Å². The smallest absolute Gasteiger partial charge is 0.338 e. The summed E-state index contributed by atoms with van der Waals surface area (Å²) in [4.78, 5) is 28.0. The van der Waals surface area contributed by atoms with E-state index in [9.17, 15) is 9.59 Å². The summed E-state index contributed by atoms with van der Waals surface area (Å²) in [6.45, 7) is 6.60. The summed E-state index contributed by atoms with van der Waals surface area (Å²) in [5.74, 6) is -0.115. The van der Waals surface area contributed by atoms with Gasteiger partial charge in [0.2, 0.25) is 5.91 Å². The van der Waals surface area contributed by atoms with Crippen LogP contribution >= 0.6 is 24.0 Å². The van der Waals surface area contributed by atoms with Crippen molar-refractivity contribution in [2.24, 2.45) is 0 Å². The van der Waals surface area contributed by atoms with Crippen molar-refractivity contribution >= 4 is 46.7 Å². The first-order valence-corrected chi connectivity index (χ1v) is 11.9. The second-order valence-electron chi connectivity index (χ2n) is 7.12. The summed E-state index contributed by atoms with van der Waals surface area (Å²) in [6, 6.07) is 16.8. The van der Waals surface area contributed by atoms with Gasteiger partial charge in [-0.25, -0.2) is 4.79 Å². The van der Waals surface area contributed by atoms with E-state index in [1.165, 1.54) is 11.8 Å². The summed E-state index contributed by atoms with van der Waals surface area (Å²) in [5, 5.41) is 6.74. The number of nitrogens with zero attached hydrogens (tertiary/aromatic N) is 1. The number of hydrogen-bond donors (Lipinski definition) is 2. The maximum absolute atomic E-state index is 12.7. The molecule has 0 saturated carbocycles. The van der Waals surface area contributed by atoms with Crippen LogP contribution in [-0.2, 0) is 14.3 Å². The lowest BCUT2D eigenvalue weighted by molar-refractivity contribution is -0.139. The van der Waals surface area contributed by atoms with Gasteiger partial charge in [0.15, 0.2) is 5.11 Å². The van der Waals surface area contributed by atoms with Gasteiger partial charge in [-0.3, -0.25) is 4.79 Å². The number of hydrogen-bond acceptors (Lipinski definition) is 5. The molecule has 1 aliphatic heterocycles. The highest BCUT2D eigenvalue weighted by Gasteiger charge is 2.34. The second kappa shape index (κ2) is 11.2. The second-order valence-corrected chi connectivity index (χ2v) is 8.55. The molecule has 1 atom stereocenters. The summed E-state index contributed by atoms with van der Waals surface area (Å²) in [5.41, 5.74) is 2.88. The zero-order valence-electron chi connectivity index (χ0n) is 18.4. The highest BCUT2D eigenvalue weighted by Crippen LogP contribution is 2.32. The number of amides is 1. The van der Waals surface area contributed by atoms with Crippen molar-refractivity contribution in [3.63, 3.8) is 0 Å². The van der Waals surface area contributed by atoms with Crippen molar-refractivity contribution in [2.45, 2.75) is 31.7 Å². The minimum absolute atomic E-state index is 0.0786. The molecule has 1 amide bonds. The Kier molecular flexibility index (Phi) is 8.30. The summed E-state index contributed by atoms with van der Waals surface area (Å²) >= 11 is 6.99. The van der Waals surface area contributed by atoms with Gasteiger partial charge >= 0.3 is 5.97 Å². The number of carbonyl (C=O) groups is 2. The zero-order valence-corrected chi connectivity index (χ0v) is 20.0. The molecule has 0 spiro atoms. The SMILES string of the molecule is CCOC(=O)C1=C(C)N(CC)C(=S)NC1c1ccc(NC(=O)CSc2ccccc2)cc1. The average molecular weight is 470 g/mol. The highest BCUT2D eigenvalue weighted by atomic mass is 32.2. The molecular weight excluding hydrogens is 442 g/mol. The molecule has 1 heterocycles. The molecule has 0 aliphatic carbocycles. The molecule has 2 aromatic rings. The molecule has 2 aromatic carbocycles. The standard InChI is InChI=1S/C24H27N3O3S2/c1-4-27-16(3)21(23(29)30-5-2)22(26-24(27)31)17-11-13-18(14-12-17)25-20(28)15-32-19-9-7-6-8-10-19/h6-14,22H,4-5,15H2,1-3H3,(H,25,28)(H,26,31). The quantitative estimate of drug-likeness (QED) is 0.335. The van der Waals surface area contributed by atoms with Crippen LogP contribution in [0, 0.1) is 0 Å². The first-order valence-electron chi connectivity index (χ1n) is 10.5. The molecule has 6 nitrogen and oxygen atoms in total. The molecule has 1 aliphatic rings. The van der Waals surface area contributed by atoms with E-state index in [1.807, 2.05) is 73.3 Å². The van der Waals surface area contributed by atoms with E-state index in [-0.39, 0.29) is 11.9 Å². The van der Waals surface area contributed by atoms with E-state index < -0.39 is 6.04 Å². The molecule has 32 heavy (non-hydrogen) atoms. The van der Waals surface area contributed by atoms with Gasteiger partial charge in [-0.1, -0.05) is 30.3 Å². The Morgan fingerprint density at radius 3 is 2.44 bits per heavy atom. The van der Waals surface area contributed by atoms with E-state index in [0.29, 0.717) is 35.3 Å². The predicted molar refractivity (Wildman–Crippen MR) is 132 cm³/mol. The van der Waals surface area contributed by atoms with E-state index in [2.05, 4.69) is 10.6 Å². The first-order chi connectivity index (χ1) is 15.4. The van der Waals surface area contributed by atoms with Crippen LogP contribution in [0.4, 0.5) is 5.69 Å². The monoisotopic (exact) mass is 469 g/mol. The summed E-state index contributed by atoms with van der Waals surface area (Å²) < 4.78 is 5.31. The summed E-state index contributed by atoms with van der Waals surface area (Å²) in [7, 11) is 0.